The average Bonchev–Trinajstić information content (AvgIpc) is 2.63. The summed E-state index contributed by atoms with van der Waals surface area (Å²) in [5.74, 6) is 0.0150. The van der Waals surface area contributed by atoms with E-state index < -0.39 is 0 Å². The fraction of sp³-hybridized carbons (Fsp3) is 0.600. The topological polar surface area (TPSA) is 52.7 Å². The number of benzene rings is 1. The molecule has 1 aromatic carbocycles. The number of carbonyl (C=O) groups is 2. The summed E-state index contributed by atoms with van der Waals surface area (Å²) in [7, 11) is 0. The molecule has 0 bridgehead atoms. The molecular weight excluding hydrogens is 314 g/mol. The molecule has 0 radical (unpaired) electrons. The van der Waals surface area contributed by atoms with Crippen LogP contribution < -0.4 is 10.2 Å². The van der Waals surface area contributed by atoms with Gasteiger partial charge in [0, 0.05) is 37.8 Å². The minimum atomic E-state index is -0.00706. The number of amides is 2. The maximum atomic E-state index is 12.4. The van der Waals surface area contributed by atoms with Crippen LogP contribution in [-0.2, 0) is 9.59 Å². The van der Waals surface area contributed by atoms with Gasteiger partial charge < -0.3 is 15.1 Å². The van der Waals surface area contributed by atoms with Crippen molar-refractivity contribution in [3.63, 3.8) is 0 Å². The zero-order chi connectivity index (χ0) is 18.4. The van der Waals surface area contributed by atoms with Crippen LogP contribution in [0.5, 0.6) is 0 Å². The van der Waals surface area contributed by atoms with Gasteiger partial charge in [-0.1, -0.05) is 26.0 Å². The van der Waals surface area contributed by atoms with Crippen LogP contribution in [0.1, 0.15) is 37.8 Å². The monoisotopic (exact) mass is 345 g/mol. The number of carbonyl (C=O) groups excluding carboxylic acids is 2. The van der Waals surface area contributed by atoms with Crippen LogP contribution >= 0.6 is 0 Å². The van der Waals surface area contributed by atoms with Gasteiger partial charge in [-0.2, -0.15) is 0 Å². The van der Waals surface area contributed by atoms with Gasteiger partial charge in [-0.25, -0.2) is 0 Å². The van der Waals surface area contributed by atoms with E-state index in [-0.39, 0.29) is 24.3 Å². The Balaban J connectivity index is 1.84. The third-order valence-corrected chi connectivity index (χ3v) is 5.32. The van der Waals surface area contributed by atoms with Crippen LogP contribution in [0.3, 0.4) is 0 Å². The van der Waals surface area contributed by atoms with E-state index in [4.69, 9.17) is 0 Å². The number of anilines is 1. The average molecular weight is 345 g/mol. The summed E-state index contributed by atoms with van der Waals surface area (Å²) in [4.78, 5) is 28.6. The largest absolute Gasteiger partial charge is 0.368 e. The lowest BCUT2D eigenvalue weighted by molar-refractivity contribution is -0.134. The van der Waals surface area contributed by atoms with E-state index in [0.717, 1.165) is 25.9 Å². The SMILES string of the molecule is CCC(CC)C(=O)NCC(=O)N1CCN(c2cccc(C)c2C)CC1. The van der Waals surface area contributed by atoms with Crippen molar-refractivity contribution >= 4 is 17.5 Å². The predicted molar refractivity (Wildman–Crippen MR) is 102 cm³/mol. The minimum Gasteiger partial charge on any atom is -0.368 e. The molecule has 1 saturated heterocycles. The molecule has 0 atom stereocenters. The van der Waals surface area contributed by atoms with E-state index in [1.807, 2.05) is 18.7 Å². The molecular formula is C20H31N3O2. The highest BCUT2D eigenvalue weighted by atomic mass is 16.2. The third-order valence-electron chi connectivity index (χ3n) is 5.32. The van der Waals surface area contributed by atoms with Crippen LogP contribution in [0.4, 0.5) is 5.69 Å². The highest BCUT2D eigenvalue weighted by Crippen LogP contribution is 2.23. The molecule has 0 aromatic heterocycles. The number of hydrogen-bond acceptors (Lipinski definition) is 3. The zero-order valence-corrected chi connectivity index (χ0v) is 16.0. The van der Waals surface area contributed by atoms with E-state index in [1.54, 1.807) is 0 Å². The summed E-state index contributed by atoms with van der Waals surface area (Å²) in [6.45, 7) is 11.5. The summed E-state index contributed by atoms with van der Waals surface area (Å²) in [6, 6.07) is 6.36. The maximum absolute atomic E-state index is 12.4. The molecule has 1 heterocycles. The van der Waals surface area contributed by atoms with E-state index in [2.05, 4.69) is 42.3 Å². The van der Waals surface area contributed by atoms with Crippen molar-refractivity contribution in [3.05, 3.63) is 29.3 Å². The first-order valence-corrected chi connectivity index (χ1v) is 9.34. The van der Waals surface area contributed by atoms with Gasteiger partial charge in [-0.3, -0.25) is 9.59 Å². The summed E-state index contributed by atoms with van der Waals surface area (Å²) < 4.78 is 0. The first-order valence-electron chi connectivity index (χ1n) is 9.34. The highest BCUT2D eigenvalue weighted by molar-refractivity contribution is 5.86. The number of nitrogens with zero attached hydrogens (tertiary/aromatic N) is 2. The molecule has 0 aliphatic carbocycles. The van der Waals surface area contributed by atoms with Crippen molar-refractivity contribution in [1.29, 1.82) is 0 Å². The number of nitrogens with one attached hydrogen (secondary N) is 1. The smallest absolute Gasteiger partial charge is 0.242 e. The van der Waals surface area contributed by atoms with Crippen molar-refractivity contribution < 1.29 is 9.59 Å². The van der Waals surface area contributed by atoms with Gasteiger partial charge in [0.15, 0.2) is 0 Å². The molecule has 0 unspecified atom stereocenters. The third kappa shape index (κ3) is 4.74. The van der Waals surface area contributed by atoms with Crippen molar-refractivity contribution in [2.45, 2.75) is 40.5 Å². The van der Waals surface area contributed by atoms with Crippen molar-refractivity contribution in [1.82, 2.24) is 10.2 Å². The minimum absolute atomic E-state index is 0.00706. The quantitative estimate of drug-likeness (QED) is 0.862. The molecule has 5 nitrogen and oxygen atoms in total. The number of rotatable bonds is 6. The van der Waals surface area contributed by atoms with Gasteiger partial charge in [-0.05, 0) is 43.9 Å². The van der Waals surface area contributed by atoms with Crippen LogP contribution in [0.2, 0.25) is 0 Å². The summed E-state index contributed by atoms with van der Waals surface area (Å²) >= 11 is 0. The lowest BCUT2D eigenvalue weighted by atomic mass is 10.0. The number of piperazine rings is 1. The molecule has 1 N–H and O–H groups in total. The van der Waals surface area contributed by atoms with Crippen molar-refractivity contribution in [3.8, 4) is 0 Å². The summed E-state index contributed by atoms with van der Waals surface area (Å²) in [5, 5.41) is 2.80. The van der Waals surface area contributed by atoms with Gasteiger partial charge in [0.1, 0.15) is 0 Å². The first-order chi connectivity index (χ1) is 12.0. The molecule has 1 aliphatic heterocycles. The molecule has 0 saturated carbocycles. The second kappa shape index (κ2) is 8.88. The van der Waals surface area contributed by atoms with Crippen LogP contribution in [-0.4, -0.2) is 49.4 Å². The van der Waals surface area contributed by atoms with Gasteiger partial charge in [0.05, 0.1) is 6.54 Å². The Morgan fingerprint density at radius 3 is 2.32 bits per heavy atom. The molecule has 2 amide bonds. The lowest BCUT2D eigenvalue weighted by Crippen LogP contribution is -2.51. The molecule has 1 fully saturated rings. The molecule has 1 aromatic rings. The van der Waals surface area contributed by atoms with E-state index >= 15 is 0 Å². The van der Waals surface area contributed by atoms with Gasteiger partial charge in [-0.15, -0.1) is 0 Å². The number of hydrogen-bond donors (Lipinski definition) is 1. The Labute approximate surface area is 151 Å². The molecule has 2 rings (SSSR count). The second-order valence-corrected chi connectivity index (χ2v) is 6.82. The van der Waals surface area contributed by atoms with Crippen molar-refractivity contribution in [2.24, 2.45) is 5.92 Å². The normalized spacial score (nSPS) is 14.8. The number of aryl methyl sites for hydroxylation is 1. The molecule has 138 valence electrons. The van der Waals surface area contributed by atoms with Crippen molar-refractivity contribution in [2.75, 3.05) is 37.6 Å². The predicted octanol–water partition coefficient (Wildman–Crippen LogP) is 2.50. The molecule has 5 heteroatoms. The first kappa shape index (κ1) is 19.3. The van der Waals surface area contributed by atoms with Crippen LogP contribution in [0.25, 0.3) is 0 Å². The Morgan fingerprint density at radius 1 is 1.08 bits per heavy atom. The molecule has 0 spiro atoms. The van der Waals surface area contributed by atoms with Gasteiger partial charge in [0.25, 0.3) is 0 Å². The Hall–Kier alpha value is -2.04. The molecule has 1 aliphatic rings. The zero-order valence-electron chi connectivity index (χ0n) is 16.0. The van der Waals surface area contributed by atoms with Gasteiger partial charge in [0.2, 0.25) is 11.8 Å². The van der Waals surface area contributed by atoms with Gasteiger partial charge >= 0.3 is 0 Å². The van der Waals surface area contributed by atoms with Crippen LogP contribution in [0.15, 0.2) is 18.2 Å². The van der Waals surface area contributed by atoms with Crippen LogP contribution in [0, 0.1) is 19.8 Å². The van der Waals surface area contributed by atoms with E-state index in [1.165, 1.54) is 16.8 Å². The van der Waals surface area contributed by atoms with E-state index in [0.29, 0.717) is 13.1 Å². The summed E-state index contributed by atoms with van der Waals surface area (Å²) in [6.07, 6.45) is 1.62. The lowest BCUT2D eigenvalue weighted by Gasteiger charge is -2.37. The maximum Gasteiger partial charge on any atom is 0.242 e. The highest BCUT2D eigenvalue weighted by Gasteiger charge is 2.23. The fourth-order valence-electron chi connectivity index (χ4n) is 3.35. The molecule has 25 heavy (non-hydrogen) atoms. The summed E-state index contributed by atoms with van der Waals surface area (Å²) in [5.41, 5.74) is 3.86. The fourth-order valence-corrected chi connectivity index (χ4v) is 3.35. The standard InChI is InChI=1S/C20H31N3O2/c1-5-17(6-2)20(25)21-14-19(24)23-12-10-22(11-13-23)18-9-7-8-15(3)16(18)4/h7-9,17H,5-6,10-14H2,1-4H3,(H,21,25). The van der Waals surface area contributed by atoms with E-state index in [9.17, 15) is 9.59 Å². The second-order valence-electron chi connectivity index (χ2n) is 6.82. The Morgan fingerprint density at radius 2 is 1.72 bits per heavy atom. The Bertz CT molecular complexity index is 603. The Kier molecular flexibility index (Phi) is 6.85.